The van der Waals surface area contributed by atoms with Gasteiger partial charge in [-0.3, -0.25) is 4.79 Å². The van der Waals surface area contributed by atoms with Crippen molar-refractivity contribution in [2.45, 2.75) is 33.1 Å². The SMILES string of the molecule is CCCCC(=O)N1CCN(c2ccc(-c3ccc(C)cc3)nn2)CC1. The van der Waals surface area contributed by atoms with Gasteiger partial charge in [0.2, 0.25) is 5.91 Å². The molecule has 2 aromatic rings. The predicted octanol–water partition coefficient (Wildman–Crippen LogP) is 3.29. The molecule has 1 saturated heterocycles. The van der Waals surface area contributed by atoms with Crippen molar-refractivity contribution >= 4 is 11.7 Å². The number of benzene rings is 1. The smallest absolute Gasteiger partial charge is 0.222 e. The molecule has 0 bridgehead atoms. The number of amides is 1. The van der Waals surface area contributed by atoms with E-state index in [9.17, 15) is 4.79 Å². The number of anilines is 1. The lowest BCUT2D eigenvalue weighted by atomic mass is 10.1. The third-order valence-electron chi connectivity index (χ3n) is 4.70. The van der Waals surface area contributed by atoms with Gasteiger partial charge < -0.3 is 9.80 Å². The molecular weight excluding hydrogens is 312 g/mol. The molecule has 0 aliphatic carbocycles. The van der Waals surface area contributed by atoms with Crippen molar-refractivity contribution in [1.29, 1.82) is 0 Å². The van der Waals surface area contributed by atoms with Gasteiger partial charge in [-0.2, -0.15) is 0 Å². The van der Waals surface area contributed by atoms with Crippen LogP contribution in [0, 0.1) is 6.92 Å². The summed E-state index contributed by atoms with van der Waals surface area (Å²) in [5.41, 5.74) is 3.20. The number of nitrogens with zero attached hydrogens (tertiary/aromatic N) is 4. The fraction of sp³-hybridized carbons (Fsp3) is 0.450. The van der Waals surface area contributed by atoms with Gasteiger partial charge >= 0.3 is 0 Å². The Morgan fingerprint density at radius 2 is 1.72 bits per heavy atom. The van der Waals surface area contributed by atoms with Crippen molar-refractivity contribution in [3.8, 4) is 11.3 Å². The molecule has 2 heterocycles. The Bertz CT molecular complexity index is 689. The van der Waals surface area contributed by atoms with Crippen LogP contribution >= 0.6 is 0 Å². The number of rotatable bonds is 5. The number of piperazine rings is 1. The van der Waals surface area contributed by atoms with Crippen LogP contribution in [0.2, 0.25) is 0 Å². The third-order valence-corrected chi connectivity index (χ3v) is 4.70. The van der Waals surface area contributed by atoms with E-state index in [0.29, 0.717) is 6.42 Å². The van der Waals surface area contributed by atoms with Gasteiger partial charge in [0, 0.05) is 38.2 Å². The molecule has 0 saturated carbocycles. The van der Waals surface area contributed by atoms with Crippen molar-refractivity contribution in [3.63, 3.8) is 0 Å². The van der Waals surface area contributed by atoms with Crippen LogP contribution in [0.1, 0.15) is 31.7 Å². The molecular formula is C20H26N4O. The summed E-state index contributed by atoms with van der Waals surface area (Å²) in [6, 6.07) is 12.3. The van der Waals surface area contributed by atoms with Crippen LogP contribution in [0.3, 0.4) is 0 Å². The van der Waals surface area contributed by atoms with E-state index in [1.807, 2.05) is 17.0 Å². The van der Waals surface area contributed by atoms with E-state index in [1.54, 1.807) is 0 Å². The van der Waals surface area contributed by atoms with Crippen molar-refractivity contribution < 1.29 is 4.79 Å². The normalized spacial score (nSPS) is 14.6. The Hall–Kier alpha value is -2.43. The van der Waals surface area contributed by atoms with Crippen LogP contribution in [0.25, 0.3) is 11.3 Å². The van der Waals surface area contributed by atoms with E-state index in [0.717, 1.165) is 56.1 Å². The minimum absolute atomic E-state index is 0.280. The summed E-state index contributed by atoms with van der Waals surface area (Å²) in [6.45, 7) is 7.36. The summed E-state index contributed by atoms with van der Waals surface area (Å²) in [6.07, 6.45) is 2.71. The van der Waals surface area contributed by atoms with Gasteiger partial charge in [0.1, 0.15) is 0 Å². The van der Waals surface area contributed by atoms with Crippen LogP contribution in [-0.2, 0) is 4.79 Å². The zero-order valence-corrected chi connectivity index (χ0v) is 15.1. The summed E-state index contributed by atoms with van der Waals surface area (Å²) < 4.78 is 0. The zero-order valence-electron chi connectivity index (χ0n) is 15.1. The van der Waals surface area contributed by atoms with Crippen molar-refractivity contribution in [2.24, 2.45) is 0 Å². The highest BCUT2D eigenvalue weighted by atomic mass is 16.2. The Kier molecular flexibility index (Phi) is 5.64. The van der Waals surface area contributed by atoms with Crippen LogP contribution in [-0.4, -0.2) is 47.2 Å². The van der Waals surface area contributed by atoms with E-state index >= 15 is 0 Å². The number of aryl methyl sites for hydroxylation is 1. The molecule has 1 fully saturated rings. The molecule has 0 unspecified atom stereocenters. The van der Waals surface area contributed by atoms with E-state index < -0.39 is 0 Å². The highest BCUT2D eigenvalue weighted by Gasteiger charge is 2.21. The van der Waals surface area contributed by atoms with Crippen LogP contribution in [0.15, 0.2) is 36.4 Å². The molecule has 1 amide bonds. The maximum Gasteiger partial charge on any atom is 0.222 e. The lowest BCUT2D eigenvalue weighted by Gasteiger charge is -2.35. The molecule has 0 atom stereocenters. The van der Waals surface area contributed by atoms with Gasteiger partial charge in [-0.15, -0.1) is 10.2 Å². The molecule has 1 aromatic carbocycles. The maximum absolute atomic E-state index is 12.1. The van der Waals surface area contributed by atoms with Crippen molar-refractivity contribution in [1.82, 2.24) is 15.1 Å². The molecule has 25 heavy (non-hydrogen) atoms. The molecule has 1 aromatic heterocycles. The number of hydrogen-bond donors (Lipinski definition) is 0. The predicted molar refractivity (Wildman–Crippen MR) is 101 cm³/mol. The fourth-order valence-corrected chi connectivity index (χ4v) is 3.04. The Morgan fingerprint density at radius 3 is 2.32 bits per heavy atom. The largest absolute Gasteiger partial charge is 0.352 e. The van der Waals surface area contributed by atoms with E-state index in [4.69, 9.17) is 0 Å². The van der Waals surface area contributed by atoms with Crippen molar-refractivity contribution in [2.75, 3.05) is 31.1 Å². The van der Waals surface area contributed by atoms with E-state index in [2.05, 4.69) is 53.2 Å². The molecule has 0 spiro atoms. The number of carbonyl (C=O) groups is 1. The Balaban J connectivity index is 1.58. The van der Waals surface area contributed by atoms with Gasteiger partial charge in [0.25, 0.3) is 0 Å². The lowest BCUT2D eigenvalue weighted by molar-refractivity contribution is -0.131. The van der Waals surface area contributed by atoms with Crippen LogP contribution < -0.4 is 4.90 Å². The molecule has 0 radical (unpaired) electrons. The van der Waals surface area contributed by atoms with Crippen molar-refractivity contribution in [3.05, 3.63) is 42.0 Å². The highest BCUT2D eigenvalue weighted by Crippen LogP contribution is 2.20. The quantitative estimate of drug-likeness (QED) is 0.839. The average molecular weight is 338 g/mol. The first kappa shape index (κ1) is 17.4. The lowest BCUT2D eigenvalue weighted by Crippen LogP contribution is -2.49. The number of aromatic nitrogens is 2. The minimum atomic E-state index is 0.280. The molecule has 1 aliphatic heterocycles. The summed E-state index contributed by atoms with van der Waals surface area (Å²) in [5, 5.41) is 8.77. The summed E-state index contributed by atoms with van der Waals surface area (Å²) in [5.74, 6) is 1.17. The third kappa shape index (κ3) is 4.35. The molecule has 5 nitrogen and oxygen atoms in total. The maximum atomic E-state index is 12.1. The molecule has 0 N–H and O–H groups in total. The standard InChI is InChI=1S/C20H26N4O/c1-3-4-5-20(25)24-14-12-23(13-15-24)19-11-10-18(21-22-19)17-8-6-16(2)7-9-17/h6-11H,3-5,12-15H2,1-2H3. The summed E-state index contributed by atoms with van der Waals surface area (Å²) >= 11 is 0. The Morgan fingerprint density at radius 1 is 1.00 bits per heavy atom. The fourth-order valence-electron chi connectivity index (χ4n) is 3.04. The average Bonchev–Trinajstić information content (AvgIpc) is 2.67. The second-order valence-electron chi connectivity index (χ2n) is 6.61. The number of carbonyl (C=O) groups excluding carboxylic acids is 1. The molecule has 3 rings (SSSR count). The van der Waals surface area contributed by atoms with Crippen LogP contribution in [0.5, 0.6) is 0 Å². The van der Waals surface area contributed by atoms with Crippen LogP contribution in [0.4, 0.5) is 5.82 Å². The summed E-state index contributed by atoms with van der Waals surface area (Å²) in [4.78, 5) is 16.3. The second-order valence-corrected chi connectivity index (χ2v) is 6.61. The highest BCUT2D eigenvalue weighted by molar-refractivity contribution is 5.76. The zero-order chi connectivity index (χ0) is 17.6. The molecule has 5 heteroatoms. The molecule has 1 aliphatic rings. The van der Waals surface area contributed by atoms with Gasteiger partial charge in [0.05, 0.1) is 5.69 Å². The Labute approximate surface area is 149 Å². The first-order valence-electron chi connectivity index (χ1n) is 9.11. The second kappa shape index (κ2) is 8.10. The summed E-state index contributed by atoms with van der Waals surface area (Å²) in [7, 11) is 0. The van der Waals surface area contributed by atoms with Gasteiger partial charge in [0.15, 0.2) is 5.82 Å². The van der Waals surface area contributed by atoms with Gasteiger partial charge in [-0.1, -0.05) is 43.2 Å². The topological polar surface area (TPSA) is 49.3 Å². The number of unbranched alkanes of at least 4 members (excludes halogenated alkanes) is 1. The van der Waals surface area contributed by atoms with Gasteiger partial charge in [-0.05, 0) is 25.5 Å². The van der Waals surface area contributed by atoms with E-state index in [-0.39, 0.29) is 5.91 Å². The number of hydrogen-bond acceptors (Lipinski definition) is 4. The van der Waals surface area contributed by atoms with Gasteiger partial charge in [-0.25, -0.2) is 0 Å². The first-order chi connectivity index (χ1) is 12.2. The first-order valence-corrected chi connectivity index (χ1v) is 9.11. The monoisotopic (exact) mass is 338 g/mol. The minimum Gasteiger partial charge on any atom is -0.352 e. The van der Waals surface area contributed by atoms with E-state index in [1.165, 1.54) is 5.56 Å². The molecule has 132 valence electrons.